The van der Waals surface area contributed by atoms with Crippen LogP contribution in [0.1, 0.15) is 24.0 Å². The molecule has 0 aliphatic carbocycles. The van der Waals surface area contributed by atoms with Crippen LogP contribution in [0.15, 0.2) is 24.4 Å². The molecule has 168 valence electrons. The number of hydrogen-bond donors (Lipinski definition) is 2. The molecule has 11 heteroatoms. The Hall–Kier alpha value is -2.27. The Morgan fingerprint density at radius 1 is 1.13 bits per heavy atom. The smallest absolute Gasteiger partial charge is 0.416 e. The van der Waals surface area contributed by atoms with Gasteiger partial charge in [0.1, 0.15) is 5.75 Å². The molecule has 2 N–H and O–H groups in total. The summed E-state index contributed by atoms with van der Waals surface area (Å²) in [6, 6.07) is 3.09. The predicted molar refractivity (Wildman–Crippen MR) is 100 cm³/mol. The first-order valence-corrected chi connectivity index (χ1v) is 9.27. The van der Waals surface area contributed by atoms with Gasteiger partial charge in [-0.1, -0.05) is 0 Å². The van der Waals surface area contributed by atoms with Crippen molar-refractivity contribution in [3.8, 4) is 17.0 Å². The molecule has 1 heterocycles. The molecule has 0 aliphatic rings. The zero-order chi connectivity index (χ0) is 22.4. The molecule has 0 radical (unpaired) electrons. The highest BCUT2D eigenvalue weighted by Crippen LogP contribution is 2.36. The number of rotatable bonds is 10. The summed E-state index contributed by atoms with van der Waals surface area (Å²) in [6.07, 6.45) is -8.79. The predicted octanol–water partition coefficient (Wildman–Crippen LogP) is 4.47. The van der Waals surface area contributed by atoms with E-state index in [9.17, 15) is 26.3 Å². The van der Waals surface area contributed by atoms with E-state index in [0.29, 0.717) is 17.8 Å². The van der Waals surface area contributed by atoms with Gasteiger partial charge in [-0.25, -0.2) is 0 Å². The fourth-order valence-corrected chi connectivity index (χ4v) is 2.80. The van der Waals surface area contributed by atoms with Gasteiger partial charge in [-0.15, -0.1) is 0 Å². The van der Waals surface area contributed by atoms with Crippen LogP contribution in [-0.2, 0) is 12.7 Å². The molecule has 5 nitrogen and oxygen atoms in total. The fraction of sp³-hybridized carbons (Fsp3) is 0.526. The van der Waals surface area contributed by atoms with Crippen LogP contribution in [0, 0.1) is 0 Å². The Balaban J connectivity index is 2.24. The summed E-state index contributed by atoms with van der Waals surface area (Å²) in [6.45, 7) is 1.56. The molecule has 0 amide bonds. The summed E-state index contributed by atoms with van der Waals surface area (Å²) in [5.74, 6) is -0.153. The van der Waals surface area contributed by atoms with Crippen LogP contribution in [-0.4, -0.2) is 55.1 Å². The Labute approximate surface area is 170 Å². The third kappa shape index (κ3) is 7.52. The number of nitrogens with one attached hydrogen (secondary N) is 2. The van der Waals surface area contributed by atoms with E-state index in [-0.39, 0.29) is 24.3 Å². The van der Waals surface area contributed by atoms with Gasteiger partial charge >= 0.3 is 12.4 Å². The van der Waals surface area contributed by atoms with Gasteiger partial charge < -0.3 is 15.0 Å². The maximum atomic E-state index is 13.3. The van der Waals surface area contributed by atoms with Crippen LogP contribution in [0.25, 0.3) is 11.3 Å². The van der Waals surface area contributed by atoms with Gasteiger partial charge in [0.05, 0.1) is 17.9 Å². The summed E-state index contributed by atoms with van der Waals surface area (Å²) in [5.41, 5.74) is 0.241. The number of ether oxygens (including phenoxy) is 1. The average Bonchev–Trinajstić information content (AvgIpc) is 3.10. The second-order valence-electron chi connectivity index (χ2n) is 6.91. The Morgan fingerprint density at radius 2 is 1.87 bits per heavy atom. The number of aromatic amines is 1. The summed E-state index contributed by atoms with van der Waals surface area (Å²) in [5, 5.41) is 9.75. The number of likely N-dealkylation sites (N-methyl/N-ethyl adjacent to an activating group) is 2. The monoisotopic (exact) mass is 438 g/mol. The van der Waals surface area contributed by atoms with Crippen molar-refractivity contribution < 1.29 is 31.1 Å². The Kier molecular flexibility index (Phi) is 8.13. The number of halogens is 6. The standard InChI is InChI=1S/C19H24F6N4O/c1-26-5-6-29(2)12-14-11-27-28-17(14)13-8-15(19(23,24)25)10-16(9-13)30-7-3-4-18(20,21)22/h8-11,26H,3-7,12H2,1-2H3,(H,27,28). The maximum Gasteiger partial charge on any atom is 0.416 e. The average molecular weight is 438 g/mol. The van der Waals surface area contributed by atoms with Gasteiger partial charge in [0.25, 0.3) is 0 Å². The second kappa shape index (κ2) is 10.2. The van der Waals surface area contributed by atoms with E-state index in [1.165, 1.54) is 6.07 Å². The molecule has 30 heavy (non-hydrogen) atoms. The van der Waals surface area contributed by atoms with Crippen LogP contribution in [0.2, 0.25) is 0 Å². The van der Waals surface area contributed by atoms with Crippen LogP contribution in [0.5, 0.6) is 5.75 Å². The third-order valence-electron chi connectivity index (χ3n) is 4.28. The highest BCUT2D eigenvalue weighted by Gasteiger charge is 2.32. The van der Waals surface area contributed by atoms with Crippen molar-refractivity contribution in [2.75, 3.05) is 33.8 Å². The first-order valence-electron chi connectivity index (χ1n) is 9.27. The lowest BCUT2D eigenvalue weighted by Gasteiger charge is -2.17. The van der Waals surface area contributed by atoms with Gasteiger partial charge in [0, 0.05) is 43.4 Å². The molecule has 0 saturated heterocycles. The minimum absolute atomic E-state index is 0.153. The Bertz CT molecular complexity index is 803. The van der Waals surface area contributed by atoms with Crippen LogP contribution in [0.3, 0.4) is 0 Å². The highest BCUT2D eigenvalue weighted by atomic mass is 19.4. The van der Waals surface area contributed by atoms with E-state index >= 15 is 0 Å². The minimum Gasteiger partial charge on any atom is -0.494 e. The van der Waals surface area contributed by atoms with Crippen molar-refractivity contribution in [1.82, 2.24) is 20.4 Å². The molecule has 0 aliphatic heterocycles. The third-order valence-corrected chi connectivity index (χ3v) is 4.28. The first-order chi connectivity index (χ1) is 14.0. The zero-order valence-corrected chi connectivity index (χ0v) is 16.6. The molecule has 0 unspecified atom stereocenters. The molecule has 0 atom stereocenters. The van der Waals surface area contributed by atoms with Crippen LogP contribution >= 0.6 is 0 Å². The van der Waals surface area contributed by atoms with Gasteiger partial charge in [-0.05, 0) is 38.7 Å². The van der Waals surface area contributed by atoms with Crippen LogP contribution in [0.4, 0.5) is 26.3 Å². The molecule has 0 saturated carbocycles. The second-order valence-corrected chi connectivity index (χ2v) is 6.91. The summed E-state index contributed by atoms with van der Waals surface area (Å²) in [4.78, 5) is 1.98. The van der Waals surface area contributed by atoms with Crippen molar-refractivity contribution in [2.45, 2.75) is 31.7 Å². The zero-order valence-electron chi connectivity index (χ0n) is 16.6. The largest absolute Gasteiger partial charge is 0.494 e. The normalized spacial score (nSPS) is 12.6. The summed E-state index contributed by atoms with van der Waals surface area (Å²) in [7, 11) is 3.69. The maximum absolute atomic E-state index is 13.3. The molecule has 2 aromatic rings. The van der Waals surface area contributed by atoms with E-state index in [2.05, 4.69) is 15.5 Å². The van der Waals surface area contributed by atoms with E-state index < -0.39 is 24.3 Å². The topological polar surface area (TPSA) is 53.2 Å². The summed E-state index contributed by atoms with van der Waals surface area (Å²) >= 11 is 0. The quantitative estimate of drug-likeness (QED) is 0.425. The van der Waals surface area contributed by atoms with E-state index in [4.69, 9.17) is 4.74 Å². The molecule has 0 fully saturated rings. The number of hydrogen-bond acceptors (Lipinski definition) is 4. The first kappa shape index (κ1) is 24.0. The lowest BCUT2D eigenvalue weighted by Crippen LogP contribution is -2.27. The number of H-pyrrole nitrogens is 1. The molecule has 0 bridgehead atoms. The lowest BCUT2D eigenvalue weighted by molar-refractivity contribution is -0.137. The minimum atomic E-state index is -4.64. The molecule has 2 rings (SSSR count). The molecular formula is C19H24F6N4O. The molecular weight excluding hydrogens is 414 g/mol. The van der Waals surface area contributed by atoms with Gasteiger partial charge in [0.15, 0.2) is 0 Å². The summed E-state index contributed by atoms with van der Waals surface area (Å²) < 4.78 is 82.0. The SMILES string of the molecule is CNCCN(C)Cc1c[nH]nc1-c1cc(OCCCC(F)(F)F)cc(C(F)(F)F)c1. The highest BCUT2D eigenvalue weighted by molar-refractivity contribution is 5.65. The van der Waals surface area contributed by atoms with E-state index in [0.717, 1.165) is 25.2 Å². The van der Waals surface area contributed by atoms with Crippen molar-refractivity contribution in [3.63, 3.8) is 0 Å². The number of alkyl halides is 6. The molecule has 1 aromatic carbocycles. The van der Waals surface area contributed by atoms with Gasteiger partial charge in [-0.3, -0.25) is 5.10 Å². The van der Waals surface area contributed by atoms with Crippen molar-refractivity contribution >= 4 is 0 Å². The molecule has 1 aromatic heterocycles. The number of nitrogens with zero attached hydrogens (tertiary/aromatic N) is 2. The van der Waals surface area contributed by atoms with Gasteiger partial charge in [0.2, 0.25) is 0 Å². The fourth-order valence-electron chi connectivity index (χ4n) is 2.80. The van der Waals surface area contributed by atoms with Gasteiger partial charge in [-0.2, -0.15) is 31.4 Å². The van der Waals surface area contributed by atoms with E-state index in [1.54, 1.807) is 6.20 Å². The van der Waals surface area contributed by atoms with E-state index in [1.807, 2.05) is 19.0 Å². The van der Waals surface area contributed by atoms with Crippen LogP contribution < -0.4 is 10.1 Å². The number of benzene rings is 1. The van der Waals surface area contributed by atoms with Crippen molar-refractivity contribution in [3.05, 3.63) is 35.5 Å². The molecule has 0 spiro atoms. The van der Waals surface area contributed by atoms with Crippen molar-refractivity contribution in [1.29, 1.82) is 0 Å². The Morgan fingerprint density at radius 3 is 2.50 bits per heavy atom. The number of aromatic nitrogens is 2. The lowest BCUT2D eigenvalue weighted by atomic mass is 10.0. The van der Waals surface area contributed by atoms with Crippen molar-refractivity contribution in [2.24, 2.45) is 0 Å².